The number of nitrogens with one attached hydrogen (secondary N) is 1. The van der Waals surface area contributed by atoms with Crippen LogP contribution in [0.15, 0.2) is 29.6 Å². The van der Waals surface area contributed by atoms with E-state index in [2.05, 4.69) is 24.1 Å². The van der Waals surface area contributed by atoms with Crippen LogP contribution in [-0.2, 0) is 16.1 Å². The van der Waals surface area contributed by atoms with Gasteiger partial charge in [0.25, 0.3) is 0 Å². The minimum atomic E-state index is -0.313. The Hall–Kier alpha value is -1.92. The maximum Gasteiger partial charge on any atom is 0.225 e. The number of rotatable bonds is 5. The topological polar surface area (TPSA) is 62.3 Å². The van der Waals surface area contributed by atoms with Gasteiger partial charge >= 0.3 is 0 Å². The Morgan fingerprint density at radius 1 is 1.44 bits per heavy atom. The fraction of sp³-hybridized carbons (Fsp3) is 0.450. The first-order valence-corrected chi connectivity index (χ1v) is 10.4. The average molecular weight is 406 g/mol. The van der Waals surface area contributed by atoms with Crippen LogP contribution in [0, 0.1) is 5.92 Å². The second-order valence-electron chi connectivity index (χ2n) is 7.19. The predicted octanol–water partition coefficient (Wildman–Crippen LogP) is 4.15. The van der Waals surface area contributed by atoms with Crippen molar-refractivity contribution in [2.45, 2.75) is 45.2 Å². The van der Waals surface area contributed by atoms with Gasteiger partial charge in [0.2, 0.25) is 11.8 Å². The van der Waals surface area contributed by atoms with Gasteiger partial charge in [0.05, 0.1) is 24.2 Å². The van der Waals surface area contributed by atoms with Gasteiger partial charge in [-0.15, -0.1) is 11.3 Å². The molecule has 5 nitrogen and oxygen atoms in total. The highest BCUT2D eigenvalue weighted by Crippen LogP contribution is 2.36. The lowest BCUT2D eigenvalue weighted by molar-refractivity contribution is -0.141. The molecule has 1 fully saturated rings. The number of carbonyl (C=O) groups is 2. The molecule has 1 saturated heterocycles. The summed E-state index contributed by atoms with van der Waals surface area (Å²) < 4.78 is 0. The SMILES string of the molecule is CC(C)c1csc(CNC(=O)C2CCC(=O)N(C)C2c2cccc(Cl)c2)n1. The van der Waals surface area contributed by atoms with E-state index in [0.29, 0.717) is 30.3 Å². The molecule has 27 heavy (non-hydrogen) atoms. The minimum Gasteiger partial charge on any atom is -0.349 e. The van der Waals surface area contributed by atoms with Crippen molar-refractivity contribution < 1.29 is 9.59 Å². The molecule has 0 radical (unpaired) electrons. The maximum absolute atomic E-state index is 12.9. The second-order valence-corrected chi connectivity index (χ2v) is 8.57. The lowest BCUT2D eigenvalue weighted by Crippen LogP contribution is -2.46. The van der Waals surface area contributed by atoms with Crippen LogP contribution in [0.25, 0.3) is 0 Å². The van der Waals surface area contributed by atoms with E-state index in [1.54, 1.807) is 29.4 Å². The first-order valence-electron chi connectivity index (χ1n) is 9.10. The third kappa shape index (κ3) is 4.50. The number of hydrogen-bond donors (Lipinski definition) is 1. The number of likely N-dealkylation sites (tertiary alicyclic amines) is 1. The molecule has 1 aromatic heterocycles. The molecule has 0 bridgehead atoms. The number of hydrogen-bond acceptors (Lipinski definition) is 4. The van der Waals surface area contributed by atoms with E-state index in [-0.39, 0.29) is 23.8 Å². The third-order valence-electron chi connectivity index (χ3n) is 4.96. The molecular weight excluding hydrogens is 382 g/mol. The van der Waals surface area contributed by atoms with Gasteiger partial charge in [-0.3, -0.25) is 9.59 Å². The molecule has 0 spiro atoms. The van der Waals surface area contributed by atoms with Crippen molar-refractivity contribution in [3.63, 3.8) is 0 Å². The van der Waals surface area contributed by atoms with Gasteiger partial charge in [0.1, 0.15) is 5.01 Å². The molecule has 2 atom stereocenters. The van der Waals surface area contributed by atoms with Crippen LogP contribution in [0.2, 0.25) is 5.02 Å². The van der Waals surface area contributed by atoms with Crippen molar-refractivity contribution in [3.8, 4) is 0 Å². The first kappa shape index (κ1) is 19.8. The van der Waals surface area contributed by atoms with E-state index in [9.17, 15) is 9.59 Å². The molecule has 2 unspecified atom stereocenters. The number of piperidine rings is 1. The van der Waals surface area contributed by atoms with Gasteiger partial charge in [-0.2, -0.15) is 0 Å². The van der Waals surface area contributed by atoms with Gasteiger partial charge in [0.15, 0.2) is 0 Å². The minimum absolute atomic E-state index is 0.0468. The van der Waals surface area contributed by atoms with Gasteiger partial charge in [-0.1, -0.05) is 37.6 Å². The van der Waals surface area contributed by atoms with Crippen LogP contribution in [0.1, 0.15) is 54.9 Å². The van der Waals surface area contributed by atoms with Gasteiger partial charge in [0, 0.05) is 23.9 Å². The number of thiazole rings is 1. The third-order valence-corrected chi connectivity index (χ3v) is 6.06. The molecule has 3 rings (SSSR count). The molecule has 1 aliphatic heterocycles. The molecule has 2 amide bonds. The lowest BCUT2D eigenvalue weighted by atomic mass is 9.84. The summed E-state index contributed by atoms with van der Waals surface area (Å²) in [7, 11) is 1.75. The largest absolute Gasteiger partial charge is 0.349 e. The molecular formula is C20H24ClN3O2S. The van der Waals surface area contributed by atoms with Crippen molar-refractivity contribution in [1.29, 1.82) is 0 Å². The van der Waals surface area contributed by atoms with E-state index < -0.39 is 0 Å². The van der Waals surface area contributed by atoms with Crippen LogP contribution in [0.4, 0.5) is 0 Å². The molecule has 0 aliphatic carbocycles. The quantitative estimate of drug-likeness (QED) is 0.812. The van der Waals surface area contributed by atoms with Crippen molar-refractivity contribution >= 4 is 34.8 Å². The Kier molecular flexibility index (Phi) is 6.17. The summed E-state index contributed by atoms with van der Waals surface area (Å²) in [5, 5.41) is 6.54. The van der Waals surface area contributed by atoms with E-state index in [0.717, 1.165) is 16.3 Å². The lowest BCUT2D eigenvalue weighted by Gasteiger charge is -2.38. The van der Waals surface area contributed by atoms with E-state index >= 15 is 0 Å². The van der Waals surface area contributed by atoms with Crippen molar-refractivity contribution in [2.24, 2.45) is 5.92 Å². The van der Waals surface area contributed by atoms with Crippen molar-refractivity contribution in [2.75, 3.05) is 7.05 Å². The van der Waals surface area contributed by atoms with Gasteiger partial charge in [-0.05, 0) is 30.0 Å². The zero-order valence-electron chi connectivity index (χ0n) is 15.7. The summed E-state index contributed by atoms with van der Waals surface area (Å²) >= 11 is 7.69. The second kappa shape index (κ2) is 8.40. The molecule has 2 aromatic rings. The molecule has 1 aliphatic rings. The fourth-order valence-corrected chi connectivity index (χ4v) is 4.52. The summed E-state index contributed by atoms with van der Waals surface area (Å²) in [4.78, 5) is 31.4. The number of aromatic nitrogens is 1. The highest BCUT2D eigenvalue weighted by Gasteiger charge is 2.38. The van der Waals surface area contributed by atoms with E-state index in [1.807, 2.05) is 23.6 Å². The summed E-state index contributed by atoms with van der Waals surface area (Å²) in [6, 6.07) is 7.08. The van der Waals surface area contributed by atoms with Gasteiger partial charge in [-0.25, -0.2) is 4.98 Å². The standard InChI is InChI=1S/C20H24ClN3O2S/c1-12(2)16-11-27-17(23-16)10-22-20(26)15-7-8-18(25)24(3)19(15)13-5-4-6-14(21)9-13/h4-6,9,11-12,15,19H,7-8,10H2,1-3H3,(H,22,26). The average Bonchev–Trinajstić information content (AvgIpc) is 3.11. The Morgan fingerprint density at radius 3 is 2.89 bits per heavy atom. The molecule has 2 heterocycles. The summed E-state index contributed by atoms with van der Waals surface area (Å²) in [6.45, 7) is 4.61. The van der Waals surface area contributed by atoms with E-state index in [4.69, 9.17) is 11.6 Å². The zero-order chi connectivity index (χ0) is 19.6. The molecule has 0 saturated carbocycles. The number of halogens is 1. The number of benzene rings is 1. The van der Waals surface area contributed by atoms with Crippen molar-refractivity contribution in [3.05, 3.63) is 50.9 Å². The highest BCUT2D eigenvalue weighted by molar-refractivity contribution is 7.09. The number of carbonyl (C=O) groups excluding carboxylic acids is 2. The van der Waals surface area contributed by atoms with Crippen molar-refractivity contribution in [1.82, 2.24) is 15.2 Å². The molecule has 144 valence electrons. The van der Waals surface area contributed by atoms with Crippen LogP contribution < -0.4 is 5.32 Å². The zero-order valence-corrected chi connectivity index (χ0v) is 17.3. The molecule has 1 N–H and O–H groups in total. The first-order chi connectivity index (χ1) is 12.9. The highest BCUT2D eigenvalue weighted by atomic mass is 35.5. The van der Waals surface area contributed by atoms with Crippen LogP contribution >= 0.6 is 22.9 Å². The fourth-order valence-electron chi connectivity index (χ4n) is 3.42. The molecule has 7 heteroatoms. The summed E-state index contributed by atoms with van der Waals surface area (Å²) in [5.41, 5.74) is 1.93. The normalized spacial score (nSPS) is 20.2. The number of amides is 2. The smallest absolute Gasteiger partial charge is 0.225 e. The molecule has 1 aromatic carbocycles. The van der Waals surface area contributed by atoms with Crippen LogP contribution in [0.3, 0.4) is 0 Å². The van der Waals surface area contributed by atoms with Crippen LogP contribution in [0.5, 0.6) is 0 Å². The van der Waals surface area contributed by atoms with E-state index in [1.165, 1.54) is 0 Å². The Morgan fingerprint density at radius 2 is 2.22 bits per heavy atom. The number of nitrogens with zero attached hydrogens (tertiary/aromatic N) is 2. The Bertz CT molecular complexity index is 836. The predicted molar refractivity (Wildman–Crippen MR) is 108 cm³/mol. The summed E-state index contributed by atoms with van der Waals surface area (Å²) in [6.07, 6.45) is 0.904. The van der Waals surface area contributed by atoms with Gasteiger partial charge < -0.3 is 10.2 Å². The monoisotopic (exact) mass is 405 g/mol. The Labute approximate surface area is 168 Å². The summed E-state index contributed by atoms with van der Waals surface area (Å²) in [5.74, 6) is 0.0535. The maximum atomic E-state index is 12.9. The van der Waals surface area contributed by atoms with Crippen LogP contribution in [-0.4, -0.2) is 28.7 Å². The Balaban J connectivity index is 1.75.